The Labute approximate surface area is 94.8 Å². The predicted molar refractivity (Wildman–Crippen MR) is 62.2 cm³/mol. The van der Waals surface area contributed by atoms with E-state index in [1.807, 2.05) is 0 Å². The molecular formula is C9H18BrNO2S. The van der Waals surface area contributed by atoms with Gasteiger partial charge in [-0.25, -0.2) is 13.1 Å². The van der Waals surface area contributed by atoms with E-state index in [2.05, 4.69) is 20.7 Å². The quantitative estimate of drug-likeness (QED) is 0.574. The molecule has 0 aliphatic heterocycles. The highest BCUT2D eigenvalue weighted by atomic mass is 79.9. The van der Waals surface area contributed by atoms with Crippen molar-refractivity contribution in [1.29, 1.82) is 0 Å². The zero-order valence-corrected chi connectivity index (χ0v) is 10.7. The molecule has 1 aliphatic rings. The first-order valence-corrected chi connectivity index (χ1v) is 7.97. The third kappa shape index (κ3) is 4.75. The van der Waals surface area contributed by atoms with Crippen LogP contribution in [-0.4, -0.2) is 25.5 Å². The summed E-state index contributed by atoms with van der Waals surface area (Å²) in [4.78, 5) is 0. The van der Waals surface area contributed by atoms with Gasteiger partial charge in [-0.2, -0.15) is 0 Å². The molecule has 0 aromatic heterocycles. The summed E-state index contributed by atoms with van der Waals surface area (Å²) in [6.07, 6.45) is 6.00. The molecule has 84 valence electrons. The first-order valence-electron chi connectivity index (χ1n) is 5.20. The lowest BCUT2D eigenvalue weighted by Gasteiger charge is -2.26. The average molecular weight is 284 g/mol. The number of hydrogen-bond donors (Lipinski definition) is 1. The van der Waals surface area contributed by atoms with Crippen LogP contribution < -0.4 is 4.72 Å². The van der Waals surface area contributed by atoms with Crippen LogP contribution in [0.1, 0.15) is 38.5 Å². The molecule has 0 bridgehead atoms. The van der Waals surface area contributed by atoms with E-state index >= 15 is 0 Å². The van der Waals surface area contributed by atoms with Gasteiger partial charge in [-0.05, 0) is 25.7 Å². The van der Waals surface area contributed by atoms with Crippen molar-refractivity contribution in [2.24, 2.45) is 0 Å². The summed E-state index contributed by atoms with van der Waals surface area (Å²) in [6, 6.07) is 0.233. The minimum Gasteiger partial charge on any atom is -0.212 e. The van der Waals surface area contributed by atoms with Gasteiger partial charge in [-0.3, -0.25) is 0 Å². The van der Waals surface area contributed by atoms with E-state index in [1.165, 1.54) is 0 Å². The van der Waals surface area contributed by atoms with E-state index in [9.17, 15) is 8.42 Å². The maximum atomic E-state index is 11.5. The molecule has 0 amide bonds. The summed E-state index contributed by atoms with van der Waals surface area (Å²) in [6.45, 7) is 0. The van der Waals surface area contributed by atoms with Crippen molar-refractivity contribution < 1.29 is 8.42 Å². The van der Waals surface area contributed by atoms with Crippen LogP contribution in [0.2, 0.25) is 0 Å². The number of sulfonamides is 1. The Bertz CT molecular complexity index is 250. The Hall–Kier alpha value is 0.390. The second kappa shape index (κ2) is 6.08. The molecule has 0 atom stereocenters. The van der Waals surface area contributed by atoms with Gasteiger partial charge in [0, 0.05) is 11.4 Å². The molecule has 0 spiro atoms. The normalized spacial score (nSPS) is 18.1. The molecule has 1 fully saturated rings. The first kappa shape index (κ1) is 12.5. The van der Waals surface area contributed by atoms with Crippen molar-refractivity contribution in [2.75, 3.05) is 11.1 Å². The summed E-state index contributed by atoms with van der Waals surface area (Å²) in [7, 11) is -2.99. The van der Waals surface area contributed by atoms with E-state index in [-0.39, 0.29) is 11.8 Å². The van der Waals surface area contributed by atoms with Gasteiger partial charge in [0.2, 0.25) is 10.0 Å². The average Bonchev–Trinajstić information content (AvgIpc) is 2.06. The zero-order chi connectivity index (χ0) is 10.4. The fourth-order valence-corrected chi connectivity index (χ4v) is 3.24. The summed E-state index contributed by atoms with van der Waals surface area (Å²) >= 11 is 3.33. The van der Waals surface area contributed by atoms with Gasteiger partial charge < -0.3 is 0 Å². The van der Waals surface area contributed by atoms with Gasteiger partial charge in [-0.15, -0.1) is 0 Å². The zero-order valence-electron chi connectivity index (χ0n) is 8.34. The largest absolute Gasteiger partial charge is 0.212 e. The monoisotopic (exact) mass is 283 g/mol. The highest BCUT2D eigenvalue weighted by Gasteiger charge is 2.22. The lowest BCUT2D eigenvalue weighted by atomic mass is 9.94. The molecule has 5 heteroatoms. The standard InChI is InChI=1S/C9H18BrNO2S/c10-7-2-1-3-8-14(12,13)11-9-5-4-6-9/h9,11H,1-8H2. The molecule has 1 N–H and O–H groups in total. The summed E-state index contributed by atoms with van der Waals surface area (Å²) < 4.78 is 25.7. The van der Waals surface area contributed by atoms with Gasteiger partial charge in [0.25, 0.3) is 0 Å². The van der Waals surface area contributed by atoms with Crippen LogP contribution in [0.25, 0.3) is 0 Å². The number of rotatable bonds is 7. The smallest absolute Gasteiger partial charge is 0.211 e. The van der Waals surface area contributed by atoms with Gasteiger partial charge >= 0.3 is 0 Å². The molecule has 0 aromatic rings. The number of unbranched alkanes of at least 4 members (excludes halogenated alkanes) is 2. The predicted octanol–water partition coefficient (Wildman–Crippen LogP) is 2.02. The van der Waals surface area contributed by atoms with Crippen LogP contribution in [0.5, 0.6) is 0 Å². The lowest BCUT2D eigenvalue weighted by molar-refractivity contribution is 0.383. The van der Waals surface area contributed by atoms with Crippen LogP contribution in [0.15, 0.2) is 0 Å². The Morgan fingerprint density at radius 3 is 2.43 bits per heavy atom. The Morgan fingerprint density at radius 1 is 1.21 bits per heavy atom. The first-order chi connectivity index (χ1) is 6.64. The molecule has 1 rings (SSSR count). The number of halogens is 1. The Kier molecular flexibility index (Phi) is 5.41. The highest BCUT2D eigenvalue weighted by Crippen LogP contribution is 2.19. The molecule has 0 unspecified atom stereocenters. The second-order valence-electron chi connectivity index (χ2n) is 3.81. The summed E-state index contributed by atoms with van der Waals surface area (Å²) in [5.74, 6) is 0.288. The molecule has 0 radical (unpaired) electrons. The van der Waals surface area contributed by atoms with Crippen molar-refractivity contribution in [2.45, 2.75) is 44.6 Å². The van der Waals surface area contributed by atoms with E-state index in [1.54, 1.807) is 0 Å². The highest BCUT2D eigenvalue weighted by molar-refractivity contribution is 9.09. The maximum absolute atomic E-state index is 11.5. The molecule has 1 saturated carbocycles. The molecule has 0 saturated heterocycles. The molecule has 14 heavy (non-hydrogen) atoms. The van der Waals surface area contributed by atoms with Gasteiger partial charge in [0.1, 0.15) is 0 Å². The van der Waals surface area contributed by atoms with Gasteiger partial charge in [0.15, 0.2) is 0 Å². The van der Waals surface area contributed by atoms with Crippen LogP contribution >= 0.6 is 15.9 Å². The van der Waals surface area contributed by atoms with Crippen molar-refractivity contribution in [3.05, 3.63) is 0 Å². The van der Waals surface area contributed by atoms with Crippen LogP contribution in [0.4, 0.5) is 0 Å². The topological polar surface area (TPSA) is 46.2 Å². The van der Waals surface area contributed by atoms with Crippen molar-refractivity contribution in [3.8, 4) is 0 Å². The SMILES string of the molecule is O=S(=O)(CCCCCBr)NC1CCC1. The van der Waals surface area contributed by atoms with Crippen LogP contribution in [0.3, 0.4) is 0 Å². The van der Waals surface area contributed by atoms with Crippen molar-refractivity contribution >= 4 is 26.0 Å². The second-order valence-corrected chi connectivity index (χ2v) is 6.48. The summed E-state index contributed by atoms with van der Waals surface area (Å²) in [5.41, 5.74) is 0. The summed E-state index contributed by atoms with van der Waals surface area (Å²) in [5, 5.41) is 0.961. The number of alkyl halides is 1. The Balaban J connectivity index is 2.13. The third-order valence-electron chi connectivity index (χ3n) is 2.50. The fraction of sp³-hybridized carbons (Fsp3) is 1.00. The molecule has 1 aliphatic carbocycles. The van der Waals surface area contributed by atoms with Crippen molar-refractivity contribution in [1.82, 2.24) is 4.72 Å². The van der Waals surface area contributed by atoms with Gasteiger partial charge in [0.05, 0.1) is 5.75 Å². The van der Waals surface area contributed by atoms with Crippen molar-refractivity contribution in [3.63, 3.8) is 0 Å². The fourth-order valence-electron chi connectivity index (χ4n) is 1.40. The lowest BCUT2D eigenvalue weighted by Crippen LogP contribution is -2.40. The van der Waals surface area contributed by atoms with E-state index < -0.39 is 10.0 Å². The Morgan fingerprint density at radius 2 is 1.93 bits per heavy atom. The maximum Gasteiger partial charge on any atom is 0.211 e. The number of nitrogens with one attached hydrogen (secondary N) is 1. The van der Waals surface area contributed by atoms with Gasteiger partial charge in [-0.1, -0.05) is 28.8 Å². The van der Waals surface area contributed by atoms with E-state index in [0.29, 0.717) is 0 Å². The molecule has 0 aromatic carbocycles. The number of hydrogen-bond acceptors (Lipinski definition) is 2. The van der Waals surface area contributed by atoms with E-state index in [4.69, 9.17) is 0 Å². The van der Waals surface area contributed by atoms with E-state index in [0.717, 1.165) is 43.9 Å². The minimum absolute atomic E-state index is 0.233. The van der Waals surface area contributed by atoms with Crippen LogP contribution in [0, 0.1) is 0 Å². The van der Waals surface area contributed by atoms with Crippen LogP contribution in [-0.2, 0) is 10.0 Å². The molecule has 3 nitrogen and oxygen atoms in total. The third-order valence-corrected chi connectivity index (χ3v) is 4.58. The minimum atomic E-state index is -2.99. The molecule has 0 heterocycles. The molecular weight excluding hydrogens is 266 g/mol.